The van der Waals surface area contributed by atoms with Gasteiger partial charge in [-0.3, -0.25) is 0 Å². The summed E-state index contributed by atoms with van der Waals surface area (Å²) in [4.78, 5) is 0. The zero-order valence-corrected chi connectivity index (χ0v) is 9.29. The first-order valence-electron chi connectivity index (χ1n) is 5.46. The fourth-order valence-electron chi connectivity index (χ4n) is 1.87. The number of rotatable bonds is 3. The molecule has 0 unspecified atom stereocenters. The molecule has 2 rings (SSSR count). The molecule has 0 saturated carbocycles. The molecule has 0 bridgehead atoms. The summed E-state index contributed by atoms with van der Waals surface area (Å²) in [7, 11) is 0. The van der Waals surface area contributed by atoms with Crippen LogP contribution in [0.25, 0.3) is 11.1 Å². The lowest BCUT2D eigenvalue weighted by molar-refractivity contribution is 0.623. The summed E-state index contributed by atoms with van der Waals surface area (Å²) >= 11 is 0. The second kappa shape index (κ2) is 5.06. The van der Waals surface area contributed by atoms with Crippen LogP contribution in [0.1, 0.15) is 5.56 Å². The van der Waals surface area contributed by atoms with Crippen molar-refractivity contribution in [2.24, 2.45) is 5.73 Å². The van der Waals surface area contributed by atoms with Crippen molar-refractivity contribution in [1.29, 1.82) is 0 Å². The van der Waals surface area contributed by atoms with Gasteiger partial charge in [0.15, 0.2) is 0 Å². The first-order chi connectivity index (χ1) is 8.22. The van der Waals surface area contributed by atoms with Crippen molar-refractivity contribution in [3.8, 4) is 11.1 Å². The number of nitrogens with two attached hydrogens (primary N) is 1. The van der Waals surface area contributed by atoms with Crippen molar-refractivity contribution in [3.05, 3.63) is 59.7 Å². The first-order valence-corrected chi connectivity index (χ1v) is 5.46. The molecule has 0 aliphatic rings. The van der Waals surface area contributed by atoms with Crippen molar-refractivity contribution in [3.63, 3.8) is 0 Å². The van der Waals surface area contributed by atoms with E-state index in [0.717, 1.165) is 5.56 Å². The molecular weight excluding hydrogens is 220 g/mol. The van der Waals surface area contributed by atoms with E-state index in [1.54, 1.807) is 24.3 Å². The number of benzene rings is 2. The van der Waals surface area contributed by atoms with E-state index in [-0.39, 0.29) is 11.6 Å². The second-order valence-corrected chi connectivity index (χ2v) is 3.82. The molecule has 0 aliphatic carbocycles. The number of hydrogen-bond donors (Lipinski definition) is 1. The van der Waals surface area contributed by atoms with E-state index in [1.807, 2.05) is 0 Å². The summed E-state index contributed by atoms with van der Waals surface area (Å²) in [5.74, 6) is -0.633. The molecule has 2 aromatic rings. The Morgan fingerprint density at radius 1 is 0.941 bits per heavy atom. The normalized spacial score (nSPS) is 10.5. The summed E-state index contributed by atoms with van der Waals surface area (Å²) < 4.78 is 26.8. The molecule has 2 N–H and O–H groups in total. The maximum absolute atomic E-state index is 13.7. The Hall–Kier alpha value is -1.74. The molecule has 0 aliphatic heterocycles. The predicted octanol–water partition coefficient (Wildman–Crippen LogP) is 3.13. The zero-order chi connectivity index (χ0) is 12.3. The fourth-order valence-corrected chi connectivity index (χ4v) is 1.87. The van der Waals surface area contributed by atoms with E-state index in [0.29, 0.717) is 24.1 Å². The molecule has 0 spiro atoms. The van der Waals surface area contributed by atoms with Crippen LogP contribution in [0.5, 0.6) is 0 Å². The van der Waals surface area contributed by atoms with E-state index in [4.69, 9.17) is 5.73 Å². The average molecular weight is 233 g/mol. The minimum atomic E-state index is -0.325. The molecule has 0 atom stereocenters. The van der Waals surface area contributed by atoms with Crippen molar-refractivity contribution >= 4 is 0 Å². The summed E-state index contributed by atoms with van der Waals surface area (Å²) in [5, 5.41) is 0. The quantitative estimate of drug-likeness (QED) is 0.866. The smallest absolute Gasteiger partial charge is 0.131 e. The van der Waals surface area contributed by atoms with Crippen LogP contribution in [-0.2, 0) is 6.42 Å². The topological polar surface area (TPSA) is 26.0 Å². The highest BCUT2D eigenvalue weighted by Gasteiger charge is 2.09. The standard InChI is InChI=1S/C14H13F2N/c15-11-5-6-12(10(9-11)7-8-17)13-3-1-2-4-14(13)16/h1-6,9H,7-8,17H2. The Kier molecular flexibility index (Phi) is 3.49. The molecule has 0 radical (unpaired) electrons. The number of hydrogen-bond acceptors (Lipinski definition) is 1. The fraction of sp³-hybridized carbons (Fsp3) is 0.143. The van der Waals surface area contributed by atoms with Crippen LogP contribution in [0.15, 0.2) is 42.5 Å². The van der Waals surface area contributed by atoms with Gasteiger partial charge in [-0.25, -0.2) is 8.78 Å². The molecule has 1 nitrogen and oxygen atoms in total. The van der Waals surface area contributed by atoms with E-state index in [1.165, 1.54) is 18.2 Å². The molecule has 88 valence electrons. The Morgan fingerprint density at radius 2 is 1.71 bits per heavy atom. The molecule has 0 saturated heterocycles. The second-order valence-electron chi connectivity index (χ2n) is 3.82. The van der Waals surface area contributed by atoms with Gasteiger partial charge in [0.25, 0.3) is 0 Å². The van der Waals surface area contributed by atoms with E-state index in [2.05, 4.69) is 0 Å². The molecular formula is C14H13F2N. The largest absolute Gasteiger partial charge is 0.330 e. The average Bonchev–Trinajstić information content (AvgIpc) is 2.31. The third-order valence-corrected chi connectivity index (χ3v) is 2.64. The van der Waals surface area contributed by atoms with Gasteiger partial charge in [-0.15, -0.1) is 0 Å². The van der Waals surface area contributed by atoms with Crippen LogP contribution in [0.3, 0.4) is 0 Å². The third-order valence-electron chi connectivity index (χ3n) is 2.64. The van der Waals surface area contributed by atoms with Gasteiger partial charge in [-0.05, 0) is 42.3 Å². The van der Waals surface area contributed by atoms with Crippen LogP contribution in [-0.4, -0.2) is 6.54 Å². The van der Waals surface area contributed by atoms with Gasteiger partial charge < -0.3 is 5.73 Å². The molecule has 0 amide bonds. The highest BCUT2D eigenvalue weighted by atomic mass is 19.1. The Labute approximate surface area is 98.9 Å². The van der Waals surface area contributed by atoms with Crippen LogP contribution < -0.4 is 5.73 Å². The molecule has 3 heteroatoms. The summed E-state index contributed by atoms with van der Waals surface area (Å²) in [6.07, 6.45) is 0.529. The molecule has 0 heterocycles. The summed E-state index contributed by atoms with van der Waals surface area (Å²) in [6.45, 7) is 0.408. The zero-order valence-electron chi connectivity index (χ0n) is 9.29. The molecule has 0 fully saturated rings. The van der Waals surface area contributed by atoms with E-state index >= 15 is 0 Å². The van der Waals surface area contributed by atoms with Crippen LogP contribution in [0.2, 0.25) is 0 Å². The minimum Gasteiger partial charge on any atom is -0.330 e. The van der Waals surface area contributed by atoms with Crippen molar-refractivity contribution < 1.29 is 8.78 Å². The maximum atomic E-state index is 13.7. The van der Waals surface area contributed by atoms with Gasteiger partial charge in [0.1, 0.15) is 11.6 Å². The Morgan fingerprint density at radius 3 is 2.41 bits per heavy atom. The Bertz CT molecular complexity index is 523. The van der Waals surface area contributed by atoms with Crippen molar-refractivity contribution in [2.45, 2.75) is 6.42 Å². The predicted molar refractivity (Wildman–Crippen MR) is 64.6 cm³/mol. The summed E-state index contributed by atoms with van der Waals surface area (Å²) in [5.41, 5.74) is 7.40. The van der Waals surface area contributed by atoms with Crippen molar-refractivity contribution in [2.75, 3.05) is 6.54 Å². The van der Waals surface area contributed by atoms with E-state index in [9.17, 15) is 8.78 Å². The van der Waals surface area contributed by atoms with Crippen molar-refractivity contribution in [1.82, 2.24) is 0 Å². The van der Waals surface area contributed by atoms with Gasteiger partial charge in [0.05, 0.1) is 0 Å². The van der Waals surface area contributed by atoms with Gasteiger partial charge in [0.2, 0.25) is 0 Å². The highest BCUT2D eigenvalue weighted by molar-refractivity contribution is 5.68. The van der Waals surface area contributed by atoms with Crippen LogP contribution >= 0.6 is 0 Å². The number of halogens is 2. The van der Waals surface area contributed by atoms with Gasteiger partial charge in [-0.1, -0.05) is 24.3 Å². The first kappa shape index (κ1) is 11.7. The SMILES string of the molecule is NCCc1cc(F)ccc1-c1ccccc1F. The maximum Gasteiger partial charge on any atom is 0.131 e. The van der Waals surface area contributed by atoms with Gasteiger partial charge in [-0.2, -0.15) is 0 Å². The summed E-state index contributed by atoms with van der Waals surface area (Å²) in [6, 6.07) is 10.8. The highest BCUT2D eigenvalue weighted by Crippen LogP contribution is 2.27. The minimum absolute atomic E-state index is 0.308. The third kappa shape index (κ3) is 2.50. The lowest BCUT2D eigenvalue weighted by Gasteiger charge is -2.10. The van der Waals surface area contributed by atoms with E-state index < -0.39 is 0 Å². The van der Waals surface area contributed by atoms with Crippen LogP contribution in [0.4, 0.5) is 8.78 Å². The Balaban J connectivity index is 2.55. The lowest BCUT2D eigenvalue weighted by Crippen LogP contribution is -2.04. The monoisotopic (exact) mass is 233 g/mol. The van der Waals surface area contributed by atoms with Gasteiger partial charge in [0, 0.05) is 5.56 Å². The molecule has 17 heavy (non-hydrogen) atoms. The van der Waals surface area contributed by atoms with Crippen LogP contribution in [0, 0.1) is 11.6 Å². The lowest BCUT2D eigenvalue weighted by atomic mass is 9.97. The van der Waals surface area contributed by atoms with Gasteiger partial charge >= 0.3 is 0 Å². The molecule has 0 aromatic heterocycles. The molecule has 2 aromatic carbocycles.